The zero-order valence-electron chi connectivity index (χ0n) is 28.1. The zero-order valence-corrected chi connectivity index (χ0v) is 28.1. The van der Waals surface area contributed by atoms with Crippen molar-refractivity contribution in [3.8, 4) is 0 Å². The lowest BCUT2D eigenvalue weighted by Crippen LogP contribution is -2.35. The molecule has 260 valence electrons. The monoisotopic (exact) mass is 651 g/mol. The second kappa shape index (κ2) is 24.6. The molecule has 3 aliphatic rings. The molecule has 0 saturated carbocycles. The van der Waals surface area contributed by atoms with E-state index in [9.17, 15) is 28.8 Å². The number of carbonyl (C=O) groups excluding carboxylic acids is 6. The molecule has 3 heterocycles. The van der Waals surface area contributed by atoms with E-state index < -0.39 is 35.8 Å². The standard InChI is InChI=1S/C8H23N5.3C8H10O3/c9-1-3-11-5-7-13-8-6-12-4-2-10;3*1-5(2)3-6-4-7(9)11-8(6)10/h11-13H,1-10H2;3*3,6H,4H2,1-2H3. The van der Waals surface area contributed by atoms with Crippen LogP contribution in [0.15, 0.2) is 34.9 Å². The van der Waals surface area contributed by atoms with Crippen LogP contribution in [0.2, 0.25) is 0 Å². The number of rotatable bonds is 13. The van der Waals surface area contributed by atoms with Gasteiger partial charge in [-0.2, -0.15) is 0 Å². The summed E-state index contributed by atoms with van der Waals surface area (Å²) in [7, 11) is 0. The SMILES string of the molecule is CC(C)=CC1CC(=O)OC1=O.CC(C)=CC1CC(=O)OC1=O.CC(C)=CC1CC(=O)OC1=O.NCCNCCNCCNCCN. The second-order valence-corrected chi connectivity index (χ2v) is 11.4. The molecule has 3 fully saturated rings. The lowest BCUT2D eigenvalue weighted by atomic mass is 10.1. The maximum Gasteiger partial charge on any atom is 0.321 e. The molecule has 0 spiro atoms. The molecular formula is C32H53N5O9. The van der Waals surface area contributed by atoms with Gasteiger partial charge in [0, 0.05) is 52.4 Å². The highest BCUT2D eigenvalue weighted by Crippen LogP contribution is 2.20. The number of carbonyl (C=O) groups is 6. The van der Waals surface area contributed by atoms with E-state index in [0.717, 1.165) is 56.0 Å². The first kappa shape index (κ1) is 42.4. The van der Waals surface area contributed by atoms with Crippen LogP contribution in [0.1, 0.15) is 60.8 Å². The molecule has 14 nitrogen and oxygen atoms in total. The van der Waals surface area contributed by atoms with E-state index in [1.54, 1.807) is 18.2 Å². The van der Waals surface area contributed by atoms with Crippen molar-refractivity contribution in [2.75, 3.05) is 52.4 Å². The van der Waals surface area contributed by atoms with Crippen molar-refractivity contribution in [1.82, 2.24) is 16.0 Å². The van der Waals surface area contributed by atoms with Crippen molar-refractivity contribution in [2.24, 2.45) is 29.2 Å². The van der Waals surface area contributed by atoms with Gasteiger partial charge in [-0.1, -0.05) is 34.9 Å². The molecule has 0 aromatic heterocycles. The summed E-state index contributed by atoms with van der Waals surface area (Å²) in [6.07, 6.45) is 5.87. The summed E-state index contributed by atoms with van der Waals surface area (Å²) in [6.45, 7) is 18.5. The molecule has 0 aromatic carbocycles. The van der Waals surface area contributed by atoms with Crippen molar-refractivity contribution in [3.63, 3.8) is 0 Å². The van der Waals surface area contributed by atoms with E-state index in [1.807, 2.05) is 41.5 Å². The van der Waals surface area contributed by atoms with Crippen molar-refractivity contribution in [2.45, 2.75) is 60.8 Å². The van der Waals surface area contributed by atoms with Gasteiger partial charge in [0.15, 0.2) is 0 Å². The minimum absolute atomic E-state index is 0.198. The van der Waals surface area contributed by atoms with Gasteiger partial charge in [-0.15, -0.1) is 0 Å². The minimum Gasteiger partial charge on any atom is -0.393 e. The molecule has 0 amide bonds. The first-order valence-corrected chi connectivity index (χ1v) is 15.4. The molecular weight excluding hydrogens is 598 g/mol. The number of ether oxygens (including phenoxy) is 3. The molecule has 7 N–H and O–H groups in total. The fourth-order valence-electron chi connectivity index (χ4n) is 4.00. The van der Waals surface area contributed by atoms with Crippen LogP contribution in [0.3, 0.4) is 0 Å². The number of cyclic esters (lactones) is 6. The fraction of sp³-hybridized carbons (Fsp3) is 0.625. The Morgan fingerprint density at radius 2 is 0.761 bits per heavy atom. The Morgan fingerprint density at radius 3 is 0.935 bits per heavy atom. The Bertz CT molecular complexity index is 976. The largest absolute Gasteiger partial charge is 0.393 e. The molecule has 46 heavy (non-hydrogen) atoms. The average Bonchev–Trinajstić information content (AvgIpc) is 3.56. The Balaban J connectivity index is 0.000000588. The topological polar surface area (TPSA) is 218 Å². The van der Waals surface area contributed by atoms with Crippen molar-refractivity contribution in [3.05, 3.63) is 34.9 Å². The molecule has 3 rings (SSSR count). The molecule has 3 aliphatic heterocycles. The van der Waals surface area contributed by atoms with Gasteiger partial charge in [0.2, 0.25) is 0 Å². The molecule has 3 saturated heterocycles. The summed E-state index contributed by atoms with van der Waals surface area (Å²) < 4.78 is 13.1. The zero-order chi connectivity index (χ0) is 35.1. The number of esters is 6. The Kier molecular flexibility index (Phi) is 22.7. The highest BCUT2D eigenvalue weighted by molar-refractivity contribution is 5.96. The van der Waals surface area contributed by atoms with E-state index in [2.05, 4.69) is 30.2 Å². The molecule has 0 bridgehead atoms. The molecule has 0 aromatic rings. The highest BCUT2D eigenvalue weighted by atomic mass is 16.6. The van der Waals surface area contributed by atoms with E-state index in [1.165, 1.54) is 0 Å². The maximum absolute atomic E-state index is 10.8. The van der Waals surface area contributed by atoms with Crippen LogP contribution in [0.5, 0.6) is 0 Å². The molecule has 3 atom stereocenters. The van der Waals surface area contributed by atoms with Crippen LogP contribution in [-0.4, -0.2) is 88.2 Å². The van der Waals surface area contributed by atoms with Gasteiger partial charge in [-0.25, -0.2) is 0 Å². The van der Waals surface area contributed by atoms with Gasteiger partial charge in [0.05, 0.1) is 37.0 Å². The van der Waals surface area contributed by atoms with Gasteiger partial charge in [0.1, 0.15) is 0 Å². The quantitative estimate of drug-likeness (QED) is 0.0612. The van der Waals surface area contributed by atoms with Crippen LogP contribution < -0.4 is 27.4 Å². The second-order valence-electron chi connectivity index (χ2n) is 11.4. The summed E-state index contributed by atoms with van der Waals surface area (Å²) in [4.78, 5) is 64.2. The van der Waals surface area contributed by atoms with Crippen LogP contribution in [0, 0.1) is 17.8 Å². The van der Waals surface area contributed by atoms with E-state index >= 15 is 0 Å². The van der Waals surface area contributed by atoms with Crippen molar-refractivity contribution in [1.29, 1.82) is 0 Å². The average molecular weight is 652 g/mol. The van der Waals surface area contributed by atoms with Gasteiger partial charge < -0.3 is 41.6 Å². The van der Waals surface area contributed by atoms with Gasteiger partial charge in [-0.05, 0) is 41.5 Å². The number of nitrogens with two attached hydrogens (primary N) is 2. The third-order valence-electron chi connectivity index (χ3n) is 5.91. The van der Waals surface area contributed by atoms with Crippen LogP contribution in [0.4, 0.5) is 0 Å². The number of allylic oxidation sites excluding steroid dienone is 3. The number of nitrogens with one attached hydrogen (secondary N) is 3. The Morgan fingerprint density at radius 1 is 0.522 bits per heavy atom. The first-order chi connectivity index (χ1) is 21.7. The smallest absolute Gasteiger partial charge is 0.321 e. The molecule has 3 unspecified atom stereocenters. The highest BCUT2D eigenvalue weighted by Gasteiger charge is 2.32. The third kappa shape index (κ3) is 21.2. The predicted molar refractivity (Wildman–Crippen MR) is 173 cm³/mol. The van der Waals surface area contributed by atoms with Crippen LogP contribution in [0.25, 0.3) is 0 Å². The summed E-state index contributed by atoms with van der Waals surface area (Å²) in [5.41, 5.74) is 13.7. The molecule has 0 radical (unpaired) electrons. The van der Waals surface area contributed by atoms with Crippen molar-refractivity contribution >= 4 is 35.8 Å². The molecule has 14 heteroatoms. The van der Waals surface area contributed by atoms with Gasteiger partial charge in [0.25, 0.3) is 0 Å². The summed E-state index contributed by atoms with van der Waals surface area (Å²) in [5, 5.41) is 9.71. The maximum atomic E-state index is 10.8. The predicted octanol–water partition coefficient (Wildman–Crippen LogP) is 0.800. The lowest BCUT2D eigenvalue weighted by Gasteiger charge is -2.06. The Hall–Kier alpha value is -3.56. The number of hydrogen-bond acceptors (Lipinski definition) is 14. The van der Waals surface area contributed by atoms with Gasteiger partial charge in [-0.3, -0.25) is 28.8 Å². The van der Waals surface area contributed by atoms with E-state index in [0.29, 0.717) is 13.1 Å². The normalized spacial score (nSPS) is 19.7. The van der Waals surface area contributed by atoms with Crippen molar-refractivity contribution < 1.29 is 43.0 Å². The van der Waals surface area contributed by atoms with E-state index in [4.69, 9.17) is 11.5 Å². The van der Waals surface area contributed by atoms with Gasteiger partial charge >= 0.3 is 35.8 Å². The first-order valence-electron chi connectivity index (χ1n) is 15.4. The van der Waals surface area contributed by atoms with Crippen LogP contribution in [-0.2, 0) is 43.0 Å². The summed E-state index contributed by atoms with van der Waals surface area (Å²) in [6, 6.07) is 0. The number of hydrogen-bond donors (Lipinski definition) is 5. The summed E-state index contributed by atoms with van der Waals surface area (Å²) in [5.74, 6) is -3.54. The summed E-state index contributed by atoms with van der Waals surface area (Å²) >= 11 is 0. The fourth-order valence-corrected chi connectivity index (χ4v) is 4.00. The molecule has 0 aliphatic carbocycles. The minimum atomic E-state index is -0.420. The Labute approximate surface area is 272 Å². The lowest BCUT2D eigenvalue weighted by molar-refractivity contribution is -0.154. The van der Waals surface area contributed by atoms with E-state index in [-0.39, 0.29) is 37.0 Å². The van der Waals surface area contributed by atoms with Crippen LogP contribution >= 0.6 is 0 Å². The third-order valence-corrected chi connectivity index (χ3v) is 5.91.